The molecule has 1 aromatic carbocycles. The van der Waals surface area contributed by atoms with Crippen molar-refractivity contribution in [1.82, 2.24) is 10.6 Å². The summed E-state index contributed by atoms with van der Waals surface area (Å²) in [5, 5.41) is 6.77. The number of para-hydroxylation sites is 1. The molecule has 0 radical (unpaired) electrons. The second kappa shape index (κ2) is 10.4. The van der Waals surface area contributed by atoms with Gasteiger partial charge in [0.25, 0.3) is 0 Å². The summed E-state index contributed by atoms with van der Waals surface area (Å²) in [4.78, 5) is 5.45. The second-order valence-electron chi connectivity index (χ2n) is 5.47. The molecule has 2 N–H and O–H groups in total. The molecule has 0 heterocycles. The molecule has 2 atom stereocenters. The molecule has 0 fully saturated rings. The van der Waals surface area contributed by atoms with E-state index in [1.165, 1.54) is 4.90 Å². The van der Waals surface area contributed by atoms with Crippen LogP contribution in [-0.4, -0.2) is 38.5 Å². The Balaban J connectivity index is 2.38. The zero-order chi connectivity index (χ0) is 16.4. The number of ether oxygens (including phenoxy) is 1. The molecule has 0 aliphatic heterocycles. The summed E-state index contributed by atoms with van der Waals surface area (Å²) in [7, 11) is 3.53. The van der Waals surface area contributed by atoms with Crippen LogP contribution in [0.4, 0.5) is 0 Å². The minimum atomic E-state index is 0.435. The van der Waals surface area contributed by atoms with Crippen LogP contribution >= 0.6 is 11.8 Å². The van der Waals surface area contributed by atoms with Crippen molar-refractivity contribution >= 4 is 17.7 Å². The monoisotopic (exact) mass is 323 g/mol. The van der Waals surface area contributed by atoms with Crippen molar-refractivity contribution < 1.29 is 4.74 Å². The van der Waals surface area contributed by atoms with Crippen LogP contribution in [0.25, 0.3) is 0 Å². The predicted octanol–water partition coefficient (Wildman–Crippen LogP) is 3.39. The lowest BCUT2D eigenvalue weighted by molar-refractivity contribution is 0.405. The van der Waals surface area contributed by atoms with Gasteiger partial charge in [0, 0.05) is 30.3 Å². The molecule has 124 valence electrons. The van der Waals surface area contributed by atoms with E-state index in [4.69, 9.17) is 4.74 Å². The van der Waals surface area contributed by atoms with E-state index in [2.05, 4.69) is 42.5 Å². The van der Waals surface area contributed by atoms with E-state index < -0.39 is 0 Å². The van der Waals surface area contributed by atoms with E-state index >= 15 is 0 Å². The molecule has 0 saturated heterocycles. The molecular formula is C17H29N3OS. The van der Waals surface area contributed by atoms with Crippen LogP contribution in [0.3, 0.4) is 0 Å². The molecule has 0 amide bonds. The van der Waals surface area contributed by atoms with Crippen molar-refractivity contribution in [3.63, 3.8) is 0 Å². The molecule has 22 heavy (non-hydrogen) atoms. The summed E-state index contributed by atoms with van der Waals surface area (Å²) >= 11 is 1.83. The molecule has 5 heteroatoms. The number of aliphatic imine (C=N–C) groups is 1. The number of benzene rings is 1. The third-order valence-electron chi connectivity index (χ3n) is 3.43. The van der Waals surface area contributed by atoms with Gasteiger partial charge in [-0.15, -0.1) is 11.8 Å². The quantitative estimate of drug-likeness (QED) is 0.437. The van der Waals surface area contributed by atoms with E-state index in [9.17, 15) is 0 Å². The Kier molecular flexibility index (Phi) is 8.82. The van der Waals surface area contributed by atoms with Gasteiger partial charge in [-0.2, -0.15) is 0 Å². The van der Waals surface area contributed by atoms with E-state index in [0.717, 1.165) is 30.4 Å². The summed E-state index contributed by atoms with van der Waals surface area (Å²) in [6.07, 6.45) is 1.08. The number of nitrogens with one attached hydrogen (secondary N) is 2. The molecule has 0 bridgehead atoms. The Bertz CT molecular complexity index is 465. The van der Waals surface area contributed by atoms with E-state index in [1.54, 1.807) is 7.11 Å². The first kappa shape index (κ1) is 18.7. The van der Waals surface area contributed by atoms with Gasteiger partial charge in [0.2, 0.25) is 0 Å². The molecule has 0 aromatic heterocycles. The Morgan fingerprint density at radius 2 is 2.05 bits per heavy atom. The number of thioether (sulfide) groups is 1. The molecule has 2 unspecified atom stereocenters. The topological polar surface area (TPSA) is 45.7 Å². The lowest BCUT2D eigenvalue weighted by Gasteiger charge is -2.19. The fraction of sp³-hybridized carbons (Fsp3) is 0.588. The summed E-state index contributed by atoms with van der Waals surface area (Å²) in [6, 6.07) is 8.59. The smallest absolute Gasteiger partial charge is 0.191 e. The number of methoxy groups -OCH3 is 1. The maximum absolute atomic E-state index is 5.38. The van der Waals surface area contributed by atoms with Crippen LogP contribution in [0.1, 0.15) is 27.2 Å². The molecule has 0 saturated carbocycles. The van der Waals surface area contributed by atoms with Gasteiger partial charge in [-0.3, -0.25) is 4.99 Å². The highest BCUT2D eigenvalue weighted by Crippen LogP contribution is 2.29. The van der Waals surface area contributed by atoms with Crippen molar-refractivity contribution in [2.45, 2.75) is 38.1 Å². The molecule has 1 aromatic rings. The first-order valence-electron chi connectivity index (χ1n) is 7.83. The number of rotatable bonds is 8. The van der Waals surface area contributed by atoms with Crippen molar-refractivity contribution in [3.8, 4) is 5.75 Å². The summed E-state index contributed by atoms with van der Waals surface area (Å²) in [5.41, 5.74) is 0. The van der Waals surface area contributed by atoms with Crippen molar-refractivity contribution in [2.75, 3.05) is 26.5 Å². The first-order valence-corrected chi connectivity index (χ1v) is 8.82. The summed E-state index contributed by atoms with van der Waals surface area (Å²) < 4.78 is 5.38. The largest absolute Gasteiger partial charge is 0.496 e. The van der Waals surface area contributed by atoms with E-state index in [-0.39, 0.29) is 0 Å². The van der Waals surface area contributed by atoms with Crippen LogP contribution in [0, 0.1) is 5.92 Å². The average Bonchev–Trinajstić information content (AvgIpc) is 2.56. The fourth-order valence-corrected chi connectivity index (χ4v) is 2.88. The third-order valence-corrected chi connectivity index (χ3v) is 4.81. The predicted molar refractivity (Wildman–Crippen MR) is 97.1 cm³/mol. The SMILES string of the molecule is CCC(C)NC(=NC)NCC(C)CSc1ccccc1OC. The van der Waals surface area contributed by atoms with Crippen molar-refractivity contribution in [2.24, 2.45) is 10.9 Å². The fourth-order valence-electron chi connectivity index (χ4n) is 1.83. The Labute approximate surface area is 139 Å². The molecule has 0 aliphatic rings. The van der Waals surface area contributed by atoms with Crippen LogP contribution in [0.15, 0.2) is 34.2 Å². The Morgan fingerprint density at radius 3 is 2.68 bits per heavy atom. The zero-order valence-corrected chi connectivity index (χ0v) is 15.2. The normalized spacial score (nSPS) is 14.3. The van der Waals surface area contributed by atoms with Gasteiger partial charge in [-0.1, -0.05) is 26.0 Å². The van der Waals surface area contributed by atoms with Crippen molar-refractivity contribution in [1.29, 1.82) is 0 Å². The number of hydrogen-bond donors (Lipinski definition) is 2. The lowest BCUT2D eigenvalue weighted by atomic mass is 10.2. The van der Waals surface area contributed by atoms with E-state index in [1.807, 2.05) is 37.0 Å². The Morgan fingerprint density at radius 1 is 1.32 bits per heavy atom. The van der Waals surface area contributed by atoms with Crippen LogP contribution < -0.4 is 15.4 Å². The molecule has 0 spiro atoms. The van der Waals surface area contributed by atoms with Gasteiger partial charge in [-0.25, -0.2) is 0 Å². The van der Waals surface area contributed by atoms with Crippen LogP contribution in [0.5, 0.6) is 5.75 Å². The highest BCUT2D eigenvalue weighted by molar-refractivity contribution is 7.99. The minimum absolute atomic E-state index is 0.435. The average molecular weight is 324 g/mol. The van der Waals surface area contributed by atoms with Crippen molar-refractivity contribution in [3.05, 3.63) is 24.3 Å². The molecule has 0 aliphatic carbocycles. The van der Waals surface area contributed by atoms with E-state index in [0.29, 0.717) is 12.0 Å². The second-order valence-corrected chi connectivity index (χ2v) is 6.54. The lowest BCUT2D eigenvalue weighted by Crippen LogP contribution is -2.43. The number of guanidine groups is 1. The zero-order valence-electron chi connectivity index (χ0n) is 14.3. The standard InChI is InChI=1S/C17H29N3OS/c1-6-14(3)20-17(18-4)19-11-13(2)12-22-16-10-8-7-9-15(16)21-5/h7-10,13-14H,6,11-12H2,1-5H3,(H2,18,19,20). The van der Waals surface area contributed by atoms with Gasteiger partial charge < -0.3 is 15.4 Å². The summed E-state index contributed by atoms with van der Waals surface area (Å²) in [5.74, 6) is 3.39. The third kappa shape index (κ3) is 6.60. The van der Waals surface area contributed by atoms with Crippen LogP contribution in [-0.2, 0) is 0 Å². The maximum atomic E-state index is 5.38. The maximum Gasteiger partial charge on any atom is 0.191 e. The number of hydrogen-bond acceptors (Lipinski definition) is 3. The Hall–Kier alpha value is -1.36. The van der Waals surface area contributed by atoms with Crippen LogP contribution in [0.2, 0.25) is 0 Å². The molecular weight excluding hydrogens is 294 g/mol. The van der Waals surface area contributed by atoms with Gasteiger partial charge >= 0.3 is 0 Å². The summed E-state index contributed by atoms with van der Waals surface area (Å²) in [6.45, 7) is 7.47. The molecule has 1 rings (SSSR count). The highest BCUT2D eigenvalue weighted by Gasteiger charge is 2.08. The highest BCUT2D eigenvalue weighted by atomic mass is 32.2. The first-order chi connectivity index (χ1) is 10.6. The molecule has 4 nitrogen and oxygen atoms in total. The van der Waals surface area contributed by atoms with Gasteiger partial charge in [0.1, 0.15) is 5.75 Å². The van der Waals surface area contributed by atoms with Gasteiger partial charge in [-0.05, 0) is 31.4 Å². The minimum Gasteiger partial charge on any atom is -0.496 e. The van der Waals surface area contributed by atoms with Gasteiger partial charge in [0.15, 0.2) is 5.96 Å². The number of nitrogens with zero attached hydrogens (tertiary/aromatic N) is 1. The van der Waals surface area contributed by atoms with Gasteiger partial charge in [0.05, 0.1) is 7.11 Å².